The molecule has 0 radical (unpaired) electrons. The summed E-state index contributed by atoms with van der Waals surface area (Å²) in [6.07, 6.45) is -0.0387. The van der Waals surface area contributed by atoms with Crippen LogP contribution in [0.15, 0.2) is 48.5 Å². The molecule has 1 unspecified atom stereocenters. The Labute approximate surface area is 123 Å². The van der Waals surface area contributed by atoms with E-state index in [1.54, 1.807) is 25.1 Å². The Bertz CT molecular complexity index is 613. The number of benzene rings is 2. The highest BCUT2D eigenvalue weighted by molar-refractivity contribution is 5.71. The van der Waals surface area contributed by atoms with Crippen LogP contribution in [0.5, 0.6) is 0 Å². The zero-order valence-electron chi connectivity index (χ0n) is 11.9. The normalized spacial score (nSPS) is 12.0. The first-order valence-electron chi connectivity index (χ1n) is 6.88. The third-order valence-electron chi connectivity index (χ3n) is 3.20. The van der Waals surface area contributed by atoms with Gasteiger partial charge in [0.1, 0.15) is 5.82 Å². The maximum Gasteiger partial charge on any atom is 0.307 e. The monoisotopic (exact) mass is 287 g/mol. The number of ether oxygens (including phenoxy) is 1. The molecule has 0 amide bonds. The van der Waals surface area contributed by atoms with Gasteiger partial charge in [0.25, 0.3) is 0 Å². The lowest BCUT2D eigenvalue weighted by molar-refractivity contribution is -0.143. The molecule has 3 nitrogen and oxygen atoms in total. The van der Waals surface area contributed by atoms with Crippen LogP contribution in [0.3, 0.4) is 0 Å². The molecule has 0 aliphatic rings. The number of nitrogens with two attached hydrogens (primary N) is 1. The molecule has 0 heterocycles. The van der Waals surface area contributed by atoms with E-state index >= 15 is 0 Å². The molecule has 0 aliphatic carbocycles. The van der Waals surface area contributed by atoms with Crippen molar-refractivity contribution >= 4 is 5.97 Å². The summed E-state index contributed by atoms with van der Waals surface area (Å²) >= 11 is 0. The minimum Gasteiger partial charge on any atom is -0.466 e. The van der Waals surface area contributed by atoms with Crippen molar-refractivity contribution in [2.24, 2.45) is 5.73 Å². The average Bonchev–Trinajstić information content (AvgIpc) is 2.48. The minimum absolute atomic E-state index is 0.0387. The molecule has 0 aromatic heterocycles. The number of hydrogen-bond acceptors (Lipinski definition) is 3. The number of esters is 1. The van der Waals surface area contributed by atoms with Gasteiger partial charge in [-0.1, -0.05) is 48.5 Å². The van der Waals surface area contributed by atoms with Gasteiger partial charge < -0.3 is 10.5 Å². The Morgan fingerprint density at radius 3 is 2.57 bits per heavy atom. The fourth-order valence-electron chi connectivity index (χ4n) is 2.19. The highest BCUT2D eigenvalue weighted by Gasteiger charge is 2.18. The molecule has 0 bridgehead atoms. The van der Waals surface area contributed by atoms with E-state index in [1.807, 2.05) is 30.3 Å². The molecule has 0 saturated carbocycles. The van der Waals surface area contributed by atoms with Crippen LogP contribution in [-0.2, 0) is 9.53 Å². The predicted octanol–water partition coefficient (Wildman–Crippen LogP) is 3.45. The summed E-state index contributed by atoms with van der Waals surface area (Å²) in [4.78, 5) is 11.5. The Morgan fingerprint density at radius 2 is 1.90 bits per heavy atom. The van der Waals surface area contributed by atoms with Crippen molar-refractivity contribution in [3.63, 3.8) is 0 Å². The maximum absolute atomic E-state index is 14.6. The summed E-state index contributed by atoms with van der Waals surface area (Å²) in [5, 5.41) is 0. The Kier molecular flexibility index (Phi) is 5.06. The van der Waals surface area contributed by atoms with E-state index < -0.39 is 12.0 Å². The van der Waals surface area contributed by atoms with E-state index in [4.69, 9.17) is 10.5 Å². The number of rotatable bonds is 5. The molecule has 2 N–H and O–H groups in total. The molecule has 2 rings (SSSR count). The molecule has 0 spiro atoms. The molecule has 0 saturated heterocycles. The van der Waals surface area contributed by atoms with Crippen LogP contribution in [0.1, 0.15) is 24.9 Å². The average molecular weight is 287 g/mol. The summed E-state index contributed by atoms with van der Waals surface area (Å²) < 4.78 is 19.5. The van der Waals surface area contributed by atoms with Gasteiger partial charge in [0.05, 0.1) is 13.0 Å². The minimum atomic E-state index is -0.715. The molecular weight excluding hydrogens is 269 g/mol. The van der Waals surface area contributed by atoms with Crippen molar-refractivity contribution in [3.05, 3.63) is 59.9 Å². The van der Waals surface area contributed by atoms with Crippen LogP contribution < -0.4 is 5.73 Å². The summed E-state index contributed by atoms with van der Waals surface area (Å²) in [5.41, 5.74) is 7.51. The van der Waals surface area contributed by atoms with Crippen molar-refractivity contribution in [3.8, 4) is 11.1 Å². The topological polar surface area (TPSA) is 52.3 Å². The lowest BCUT2D eigenvalue weighted by Gasteiger charge is -2.14. The second-order valence-corrected chi connectivity index (χ2v) is 4.69. The Morgan fingerprint density at radius 1 is 1.19 bits per heavy atom. The van der Waals surface area contributed by atoms with Crippen LogP contribution in [-0.4, -0.2) is 12.6 Å². The highest BCUT2D eigenvalue weighted by Crippen LogP contribution is 2.28. The summed E-state index contributed by atoms with van der Waals surface area (Å²) in [6, 6.07) is 13.6. The quantitative estimate of drug-likeness (QED) is 0.857. The molecule has 110 valence electrons. The van der Waals surface area contributed by atoms with Gasteiger partial charge in [-0.15, -0.1) is 0 Å². The first kappa shape index (κ1) is 15.2. The zero-order chi connectivity index (χ0) is 15.2. The number of halogens is 1. The number of carbonyl (C=O) groups is 1. The van der Waals surface area contributed by atoms with Crippen molar-refractivity contribution in [2.75, 3.05) is 6.61 Å². The molecule has 21 heavy (non-hydrogen) atoms. The van der Waals surface area contributed by atoms with Gasteiger partial charge in [0, 0.05) is 17.2 Å². The third kappa shape index (κ3) is 3.67. The van der Waals surface area contributed by atoms with Gasteiger partial charge >= 0.3 is 5.97 Å². The first-order valence-corrected chi connectivity index (χ1v) is 6.88. The molecule has 4 heteroatoms. The Hall–Kier alpha value is -2.20. The van der Waals surface area contributed by atoms with E-state index in [0.29, 0.717) is 11.1 Å². The fraction of sp³-hybridized carbons (Fsp3) is 0.235. The highest BCUT2D eigenvalue weighted by atomic mass is 19.1. The van der Waals surface area contributed by atoms with Crippen LogP contribution in [0.4, 0.5) is 4.39 Å². The first-order chi connectivity index (χ1) is 10.1. The van der Waals surface area contributed by atoms with Gasteiger partial charge in [-0.25, -0.2) is 4.39 Å². The lowest BCUT2D eigenvalue weighted by atomic mass is 9.97. The van der Waals surface area contributed by atoms with Crippen LogP contribution in [0, 0.1) is 5.82 Å². The van der Waals surface area contributed by atoms with E-state index in [0.717, 1.165) is 5.56 Å². The predicted molar refractivity (Wildman–Crippen MR) is 80.0 cm³/mol. The smallest absolute Gasteiger partial charge is 0.307 e. The molecule has 0 aliphatic heterocycles. The van der Waals surface area contributed by atoms with Gasteiger partial charge in [-0.2, -0.15) is 0 Å². The zero-order valence-corrected chi connectivity index (χ0v) is 11.9. The molecule has 2 aromatic carbocycles. The SMILES string of the molecule is CCOC(=O)CC(N)c1cccc(-c2ccccc2)c1F. The van der Waals surface area contributed by atoms with Crippen molar-refractivity contribution < 1.29 is 13.9 Å². The van der Waals surface area contributed by atoms with E-state index in [9.17, 15) is 9.18 Å². The Balaban J connectivity index is 2.28. The molecular formula is C17H18FNO2. The third-order valence-corrected chi connectivity index (χ3v) is 3.20. The summed E-state index contributed by atoms with van der Waals surface area (Å²) in [6.45, 7) is 2.01. The molecule has 2 aromatic rings. The van der Waals surface area contributed by atoms with Gasteiger partial charge in [0.15, 0.2) is 0 Å². The molecule has 0 fully saturated rings. The van der Waals surface area contributed by atoms with Crippen molar-refractivity contribution in [1.29, 1.82) is 0 Å². The van der Waals surface area contributed by atoms with Gasteiger partial charge in [0.2, 0.25) is 0 Å². The van der Waals surface area contributed by atoms with E-state index in [1.165, 1.54) is 0 Å². The molecule has 1 atom stereocenters. The standard InChI is InChI=1S/C17H18FNO2/c1-2-21-16(20)11-15(19)14-10-6-9-13(17(14)18)12-7-4-3-5-8-12/h3-10,15H,2,11,19H2,1H3. The van der Waals surface area contributed by atoms with Crippen LogP contribution in [0.2, 0.25) is 0 Å². The second kappa shape index (κ2) is 6.99. The fourth-order valence-corrected chi connectivity index (χ4v) is 2.19. The summed E-state index contributed by atoms with van der Waals surface area (Å²) in [7, 11) is 0. The number of carbonyl (C=O) groups excluding carboxylic acids is 1. The van der Waals surface area contributed by atoms with Crippen molar-refractivity contribution in [2.45, 2.75) is 19.4 Å². The van der Waals surface area contributed by atoms with Crippen molar-refractivity contribution in [1.82, 2.24) is 0 Å². The lowest BCUT2D eigenvalue weighted by Crippen LogP contribution is -2.18. The van der Waals surface area contributed by atoms with Crippen LogP contribution >= 0.6 is 0 Å². The largest absolute Gasteiger partial charge is 0.466 e. The maximum atomic E-state index is 14.6. The second-order valence-electron chi connectivity index (χ2n) is 4.69. The summed E-state index contributed by atoms with van der Waals surface area (Å²) in [5.74, 6) is -0.810. The van der Waals surface area contributed by atoms with Gasteiger partial charge in [-0.05, 0) is 12.5 Å². The van der Waals surface area contributed by atoms with Gasteiger partial charge in [-0.3, -0.25) is 4.79 Å². The van der Waals surface area contributed by atoms with Crippen LogP contribution in [0.25, 0.3) is 11.1 Å². The number of hydrogen-bond donors (Lipinski definition) is 1. The van der Waals surface area contributed by atoms with E-state index in [2.05, 4.69) is 0 Å². The van der Waals surface area contributed by atoms with E-state index in [-0.39, 0.29) is 18.8 Å².